The third kappa shape index (κ3) is 3.97. The van der Waals surface area contributed by atoms with E-state index in [1.807, 2.05) is 20.8 Å². The molecule has 1 aromatic carbocycles. The molecule has 2 unspecified atom stereocenters. The van der Waals surface area contributed by atoms with Crippen LogP contribution in [-0.4, -0.2) is 29.3 Å². The third-order valence-electron chi connectivity index (χ3n) is 3.59. The molecule has 1 heterocycles. The fourth-order valence-electron chi connectivity index (χ4n) is 2.56. The van der Waals surface area contributed by atoms with Crippen LogP contribution in [0.3, 0.4) is 0 Å². The van der Waals surface area contributed by atoms with Crippen molar-refractivity contribution in [3.05, 3.63) is 35.4 Å². The zero-order chi connectivity index (χ0) is 16.3. The number of halogens is 1. The summed E-state index contributed by atoms with van der Waals surface area (Å²) in [5.74, 6) is 0. The highest BCUT2D eigenvalue weighted by Crippen LogP contribution is 2.33. The molecule has 1 aromatic rings. The van der Waals surface area contributed by atoms with Crippen LogP contribution in [0.1, 0.15) is 50.8 Å². The second-order valence-corrected chi connectivity index (χ2v) is 6.55. The zero-order valence-electron chi connectivity index (χ0n) is 13.2. The van der Waals surface area contributed by atoms with Gasteiger partial charge < -0.3 is 9.64 Å². The molecule has 0 radical (unpaired) electrons. The molecule has 4 nitrogen and oxygen atoms in total. The molecule has 0 saturated carbocycles. The van der Waals surface area contributed by atoms with E-state index < -0.39 is 17.9 Å². The highest BCUT2D eigenvalue weighted by molar-refractivity contribution is 5.69. The molecule has 1 saturated heterocycles. The molecule has 0 N–H and O–H groups in total. The van der Waals surface area contributed by atoms with E-state index >= 15 is 0 Å². The highest BCUT2D eigenvalue weighted by atomic mass is 19.1. The quantitative estimate of drug-likeness (QED) is 0.789. The number of carbonyl (C=O) groups excluding carboxylic acids is 1. The molecule has 1 aliphatic rings. The lowest BCUT2D eigenvalue weighted by molar-refractivity contribution is 0.00165. The van der Waals surface area contributed by atoms with Gasteiger partial charge in [-0.2, -0.15) is 5.26 Å². The predicted octanol–water partition coefficient (Wildman–Crippen LogP) is 3.97. The molecule has 1 fully saturated rings. The van der Waals surface area contributed by atoms with Crippen molar-refractivity contribution in [2.75, 3.05) is 6.54 Å². The summed E-state index contributed by atoms with van der Waals surface area (Å²) in [6.07, 6.45) is -0.773. The SMILES string of the molecule is CC(C)(C)OC(=O)N1CCC(F)CC1c1ccc(C#N)cc1. The van der Waals surface area contributed by atoms with Crippen molar-refractivity contribution in [3.8, 4) is 6.07 Å². The highest BCUT2D eigenvalue weighted by Gasteiger charge is 2.35. The van der Waals surface area contributed by atoms with Crippen molar-refractivity contribution in [2.45, 2.75) is 51.4 Å². The van der Waals surface area contributed by atoms with Gasteiger partial charge >= 0.3 is 6.09 Å². The topological polar surface area (TPSA) is 53.3 Å². The maximum absolute atomic E-state index is 13.8. The van der Waals surface area contributed by atoms with Gasteiger partial charge in [0.2, 0.25) is 0 Å². The second-order valence-electron chi connectivity index (χ2n) is 6.55. The Balaban J connectivity index is 2.23. The van der Waals surface area contributed by atoms with Gasteiger partial charge in [0.15, 0.2) is 0 Å². The van der Waals surface area contributed by atoms with Gasteiger partial charge in [-0.1, -0.05) is 12.1 Å². The summed E-state index contributed by atoms with van der Waals surface area (Å²) in [6, 6.07) is 8.62. The number of carbonyl (C=O) groups is 1. The van der Waals surface area contributed by atoms with Gasteiger partial charge in [0, 0.05) is 13.0 Å². The minimum absolute atomic E-state index is 0.255. The van der Waals surface area contributed by atoms with E-state index in [2.05, 4.69) is 6.07 Å². The van der Waals surface area contributed by atoms with Gasteiger partial charge in [0.1, 0.15) is 11.8 Å². The Morgan fingerprint density at radius 2 is 2.00 bits per heavy atom. The molecule has 118 valence electrons. The summed E-state index contributed by atoms with van der Waals surface area (Å²) in [6.45, 7) is 5.76. The summed E-state index contributed by atoms with van der Waals surface area (Å²) >= 11 is 0. The van der Waals surface area contributed by atoms with E-state index in [9.17, 15) is 9.18 Å². The van der Waals surface area contributed by atoms with Crippen LogP contribution in [0, 0.1) is 11.3 Å². The first kappa shape index (κ1) is 16.3. The Bertz CT molecular complexity index is 572. The minimum Gasteiger partial charge on any atom is -0.444 e. The molecule has 1 amide bonds. The summed E-state index contributed by atoms with van der Waals surface area (Å²) in [7, 11) is 0. The number of amides is 1. The van der Waals surface area contributed by atoms with Crippen molar-refractivity contribution in [3.63, 3.8) is 0 Å². The Morgan fingerprint density at radius 1 is 1.36 bits per heavy atom. The average Bonchev–Trinajstić information content (AvgIpc) is 2.45. The molecule has 22 heavy (non-hydrogen) atoms. The van der Waals surface area contributed by atoms with Crippen molar-refractivity contribution in [1.29, 1.82) is 5.26 Å². The van der Waals surface area contributed by atoms with E-state index in [1.54, 1.807) is 29.2 Å². The Hall–Kier alpha value is -2.09. The number of likely N-dealkylation sites (tertiary alicyclic amines) is 1. The van der Waals surface area contributed by atoms with Crippen LogP contribution in [-0.2, 0) is 4.74 Å². The summed E-state index contributed by atoms with van der Waals surface area (Å²) < 4.78 is 19.2. The second kappa shape index (κ2) is 6.35. The maximum atomic E-state index is 13.8. The van der Waals surface area contributed by atoms with E-state index in [4.69, 9.17) is 10.00 Å². The lowest BCUT2D eigenvalue weighted by Crippen LogP contribution is -2.44. The molecule has 2 rings (SSSR count). The smallest absolute Gasteiger partial charge is 0.410 e. The number of alkyl halides is 1. The minimum atomic E-state index is -0.931. The number of benzene rings is 1. The van der Waals surface area contributed by atoms with Crippen LogP contribution in [0.15, 0.2) is 24.3 Å². The number of rotatable bonds is 1. The maximum Gasteiger partial charge on any atom is 0.410 e. The Labute approximate surface area is 130 Å². The van der Waals surface area contributed by atoms with E-state index in [1.165, 1.54) is 0 Å². The largest absolute Gasteiger partial charge is 0.444 e. The monoisotopic (exact) mass is 304 g/mol. The molecule has 5 heteroatoms. The summed E-state index contributed by atoms with van der Waals surface area (Å²) in [5, 5.41) is 8.85. The molecule has 0 spiro atoms. The van der Waals surface area contributed by atoms with Crippen molar-refractivity contribution in [2.24, 2.45) is 0 Å². The van der Waals surface area contributed by atoms with Crippen molar-refractivity contribution >= 4 is 6.09 Å². The third-order valence-corrected chi connectivity index (χ3v) is 3.59. The fraction of sp³-hybridized carbons (Fsp3) is 0.529. The van der Waals surface area contributed by atoms with Crippen LogP contribution in [0.25, 0.3) is 0 Å². The summed E-state index contributed by atoms with van der Waals surface area (Å²) in [4.78, 5) is 13.9. The van der Waals surface area contributed by atoms with Crippen LogP contribution in [0.5, 0.6) is 0 Å². The number of nitrogens with zero attached hydrogens (tertiary/aromatic N) is 2. The fourth-order valence-corrected chi connectivity index (χ4v) is 2.56. The standard InChI is InChI=1S/C17H21FN2O2/c1-17(2,3)22-16(21)20-9-8-14(18)10-15(20)13-6-4-12(11-19)5-7-13/h4-7,14-15H,8-10H2,1-3H3. The number of piperidine rings is 1. The van der Waals surface area contributed by atoms with Gasteiger partial charge in [0.25, 0.3) is 0 Å². The van der Waals surface area contributed by atoms with Gasteiger partial charge in [0.05, 0.1) is 17.7 Å². The van der Waals surface area contributed by atoms with Crippen LogP contribution >= 0.6 is 0 Å². The van der Waals surface area contributed by atoms with Crippen molar-refractivity contribution in [1.82, 2.24) is 4.90 Å². The van der Waals surface area contributed by atoms with Gasteiger partial charge in [-0.05, 0) is 44.9 Å². The molecule has 0 aliphatic carbocycles. The first-order valence-corrected chi connectivity index (χ1v) is 7.44. The molecular formula is C17H21FN2O2. The Morgan fingerprint density at radius 3 is 2.55 bits per heavy atom. The molecule has 1 aliphatic heterocycles. The van der Waals surface area contributed by atoms with Crippen LogP contribution in [0.2, 0.25) is 0 Å². The lowest BCUT2D eigenvalue weighted by atomic mass is 9.94. The first-order chi connectivity index (χ1) is 10.3. The van der Waals surface area contributed by atoms with Gasteiger partial charge in [-0.3, -0.25) is 0 Å². The molecular weight excluding hydrogens is 283 g/mol. The lowest BCUT2D eigenvalue weighted by Gasteiger charge is -2.38. The number of nitriles is 1. The molecule has 0 aromatic heterocycles. The van der Waals surface area contributed by atoms with Crippen LogP contribution in [0.4, 0.5) is 9.18 Å². The van der Waals surface area contributed by atoms with Gasteiger partial charge in [-0.15, -0.1) is 0 Å². The number of hydrogen-bond acceptors (Lipinski definition) is 3. The predicted molar refractivity (Wildman–Crippen MR) is 81.0 cm³/mol. The number of ether oxygens (including phenoxy) is 1. The normalized spacial score (nSPS) is 22.0. The first-order valence-electron chi connectivity index (χ1n) is 7.44. The van der Waals surface area contributed by atoms with Crippen molar-refractivity contribution < 1.29 is 13.9 Å². The van der Waals surface area contributed by atoms with Crippen LogP contribution < -0.4 is 0 Å². The number of hydrogen-bond donors (Lipinski definition) is 0. The van der Waals surface area contributed by atoms with E-state index in [-0.39, 0.29) is 12.5 Å². The Kier molecular flexibility index (Phi) is 4.70. The zero-order valence-corrected chi connectivity index (χ0v) is 13.2. The summed E-state index contributed by atoms with van der Waals surface area (Å²) in [5.41, 5.74) is 0.783. The average molecular weight is 304 g/mol. The van der Waals surface area contributed by atoms with E-state index in [0.717, 1.165) is 5.56 Å². The van der Waals surface area contributed by atoms with Gasteiger partial charge in [-0.25, -0.2) is 9.18 Å². The molecule has 0 bridgehead atoms. The molecule has 2 atom stereocenters. The van der Waals surface area contributed by atoms with E-state index in [0.29, 0.717) is 18.5 Å².